The molecule has 0 unspecified atom stereocenters. The highest BCUT2D eigenvalue weighted by Gasteiger charge is 2.13. The molecule has 0 heterocycles. The van der Waals surface area contributed by atoms with Crippen LogP contribution in [0.5, 0.6) is 0 Å². The molecule has 1 fully saturated rings. The molecule has 0 saturated heterocycles. The fourth-order valence-electron chi connectivity index (χ4n) is 2.24. The van der Waals surface area contributed by atoms with Gasteiger partial charge in [-0.05, 0) is 45.2 Å². The largest absolute Gasteiger partial charge is 0.316 e. The van der Waals surface area contributed by atoms with Crippen LogP contribution in [0.2, 0.25) is 0 Å². The first-order valence-corrected chi connectivity index (χ1v) is 6.14. The van der Waals surface area contributed by atoms with Crippen LogP contribution < -0.4 is 5.32 Å². The van der Waals surface area contributed by atoms with E-state index in [-0.39, 0.29) is 0 Å². The monoisotopic (exact) mass is 195 g/mol. The molecule has 0 spiro atoms. The molecule has 1 aliphatic rings. The van der Waals surface area contributed by atoms with Crippen molar-refractivity contribution in [3.05, 3.63) is 12.2 Å². The average Bonchev–Trinajstić information content (AvgIpc) is 2.63. The summed E-state index contributed by atoms with van der Waals surface area (Å²) in [6.45, 7) is 8.30. The van der Waals surface area contributed by atoms with E-state index in [4.69, 9.17) is 0 Å². The minimum Gasteiger partial charge on any atom is -0.316 e. The van der Waals surface area contributed by atoms with Gasteiger partial charge in [-0.3, -0.25) is 0 Å². The molecule has 1 aliphatic carbocycles. The fourth-order valence-corrected chi connectivity index (χ4v) is 2.24. The van der Waals surface area contributed by atoms with Crippen LogP contribution in [0.15, 0.2) is 12.2 Å². The maximum Gasteiger partial charge on any atom is -0.00118 e. The molecular weight excluding hydrogens is 170 g/mol. The number of hydrogen-bond donors (Lipinski definition) is 1. The average molecular weight is 195 g/mol. The molecule has 0 atom stereocenters. The van der Waals surface area contributed by atoms with Gasteiger partial charge in [0.1, 0.15) is 0 Å². The van der Waals surface area contributed by atoms with Gasteiger partial charge in [-0.15, -0.1) is 6.58 Å². The Balaban J connectivity index is 1.82. The summed E-state index contributed by atoms with van der Waals surface area (Å²) < 4.78 is 0. The third-order valence-electron chi connectivity index (χ3n) is 3.17. The molecule has 0 aromatic rings. The van der Waals surface area contributed by atoms with E-state index in [1.54, 1.807) is 0 Å². The minimum atomic E-state index is 1.05. The van der Waals surface area contributed by atoms with Crippen LogP contribution in [0.4, 0.5) is 0 Å². The topological polar surface area (TPSA) is 12.0 Å². The molecule has 0 aliphatic heterocycles. The second kappa shape index (κ2) is 7.05. The van der Waals surface area contributed by atoms with Gasteiger partial charge in [0.2, 0.25) is 0 Å². The van der Waals surface area contributed by atoms with E-state index in [0.29, 0.717) is 0 Å². The van der Waals surface area contributed by atoms with Crippen LogP contribution >= 0.6 is 0 Å². The quantitative estimate of drug-likeness (QED) is 0.484. The predicted molar refractivity (Wildman–Crippen MR) is 63.5 cm³/mol. The lowest BCUT2D eigenvalue weighted by Crippen LogP contribution is -2.17. The van der Waals surface area contributed by atoms with Crippen molar-refractivity contribution in [1.82, 2.24) is 5.32 Å². The van der Waals surface area contributed by atoms with E-state index in [9.17, 15) is 0 Å². The minimum absolute atomic E-state index is 1.05. The van der Waals surface area contributed by atoms with Gasteiger partial charge in [-0.1, -0.05) is 31.3 Å². The normalized spacial score (nSPS) is 17.5. The zero-order chi connectivity index (χ0) is 10.2. The van der Waals surface area contributed by atoms with Gasteiger partial charge in [0.15, 0.2) is 0 Å². The molecule has 0 aromatic carbocycles. The molecular formula is C13H25N. The van der Waals surface area contributed by atoms with Crippen molar-refractivity contribution in [3.8, 4) is 0 Å². The second-order valence-corrected chi connectivity index (χ2v) is 4.75. The third kappa shape index (κ3) is 5.43. The first kappa shape index (κ1) is 11.8. The van der Waals surface area contributed by atoms with E-state index >= 15 is 0 Å². The second-order valence-electron chi connectivity index (χ2n) is 4.75. The summed E-state index contributed by atoms with van der Waals surface area (Å²) in [5.41, 5.74) is 1.29. The Bertz CT molecular complexity index is 157. The highest BCUT2D eigenvalue weighted by molar-refractivity contribution is 4.88. The van der Waals surface area contributed by atoms with Crippen LogP contribution in [0, 0.1) is 5.92 Å². The smallest absolute Gasteiger partial charge is 0.00118 e. The summed E-state index contributed by atoms with van der Waals surface area (Å²) in [7, 11) is 0. The Labute approximate surface area is 89.0 Å². The SMILES string of the molecule is C=C(C)CCNCCCC1CCCC1. The zero-order valence-corrected chi connectivity index (χ0v) is 9.65. The van der Waals surface area contributed by atoms with Crippen LogP contribution in [-0.2, 0) is 0 Å². The predicted octanol–water partition coefficient (Wildman–Crippen LogP) is 3.51. The van der Waals surface area contributed by atoms with Crippen LogP contribution in [0.1, 0.15) is 51.9 Å². The molecule has 0 bridgehead atoms. The molecule has 1 rings (SSSR count). The van der Waals surface area contributed by atoms with Crippen LogP contribution in [0.25, 0.3) is 0 Å². The van der Waals surface area contributed by atoms with Gasteiger partial charge in [0.05, 0.1) is 0 Å². The molecule has 1 nitrogen and oxygen atoms in total. The summed E-state index contributed by atoms with van der Waals surface area (Å²) in [4.78, 5) is 0. The zero-order valence-electron chi connectivity index (χ0n) is 9.65. The Kier molecular flexibility index (Phi) is 5.93. The molecule has 14 heavy (non-hydrogen) atoms. The van der Waals surface area contributed by atoms with Crippen LogP contribution in [-0.4, -0.2) is 13.1 Å². The van der Waals surface area contributed by atoms with E-state index in [2.05, 4.69) is 18.8 Å². The first-order valence-electron chi connectivity index (χ1n) is 6.14. The molecule has 1 N–H and O–H groups in total. The highest BCUT2D eigenvalue weighted by atomic mass is 14.8. The van der Waals surface area contributed by atoms with Crippen molar-refractivity contribution in [3.63, 3.8) is 0 Å². The Morgan fingerprint density at radius 1 is 1.29 bits per heavy atom. The first-order chi connectivity index (χ1) is 6.79. The Morgan fingerprint density at radius 2 is 2.00 bits per heavy atom. The number of rotatable bonds is 7. The standard InChI is InChI=1S/C13H25N/c1-12(2)9-11-14-10-5-8-13-6-3-4-7-13/h13-14H,1,3-11H2,2H3. The van der Waals surface area contributed by atoms with Crippen molar-refractivity contribution in [2.24, 2.45) is 5.92 Å². The van der Waals surface area contributed by atoms with E-state index in [0.717, 1.165) is 18.9 Å². The summed E-state index contributed by atoms with van der Waals surface area (Å²) in [6.07, 6.45) is 9.88. The third-order valence-corrected chi connectivity index (χ3v) is 3.17. The summed E-state index contributed by atoms with van der Waals surface area (Å²) in [5, 5.41) is 3.48. The molecule has 0 aromatic heterocycles. The van der Waals surface area contributed by atoms with Crippen molar-refractivity contribution >= 4 is 0 Å². The van der Waals surface area contributed by atoms with Gasteiger partial charge in [0.25, 0.3) is 0 Å². The van der Waals surface area contributed by atoms with Gasteiger partial charge < -0.3 is 5.32 Å². The van der Waals surface area contributed by atoms with E-state index in [1.807, 2.05) is 0 Å². The van der Waals surface area contributed by atoms with Gasteiger partial charge in [-0.25, -0.2) is 0 Å². The van der Waals surface area contributed by atoms with E-state index in [1.165, 1.54) is 50.6 Å². The van der Waals surface area contributed by atoms with Crippen molar-refractivity contribution in [1.29, 1.82) is 0 Å². The van der Waals surface area contributed by atoms with Crippen LogP contribution in [0.3, 0.4) is 0 Å². The molecule has 82 valence electrons. The van der Waals surface area contributed by atoms with Gasteiger partial charge in [0, 0.05) is 0 Å². The number of hydrogen-bond acceptors (Lipinski definition) is 1. The molecule has 1 heteroatoms. The van der Waals surface area contributed by atoms with Crippen molar-refractivity contribution in [2.45, 2.75) is 51.9 Å². The maximum atomic E-state index is 3.90. The lowest BCUT2D eigenvalue weighted by Gasteiger charge is -2.09. The lowest BCUT2D eigenvalue weighted by molar-refractivity contribution is 0.471. The molecule has 0 amide bonds. The Morgan fingerprint density at radius 3 is 2.64 bits per heavy atom. The highest BCUT2D eigenvalue weighted by Crippen LogP contribution is 2.28. The summed E-state index contributed by atoms with van der Waals surface area (Å²) in [5.74, 6) is 1.05. The van der Waals surface area contributed by atoms with Gasteiger partial charge in [-0.2, -0.15) is 0 Å². The lowest BCUT2D eigenvalue weighted by atomic mass is 10.0. The Hall–Kier alpha value is -0.300. The maximum absolute atomic E-state index is 3.90. The number of nitrogens with one attached hydrogen (secondary N) is 1. The van der Waals surface area contributed by atoms with Crippen molar-refractivity contribution in [2.75, 3.05) is 13.1 Å². The molecule has 1 saturated carbocycles. The molecule has 0 radical (unpaired) electrons. The summed E-state index contributed by atoms with van der Waals surface area (Å²) >= 11 is 0. The summed E-state index contributed by atoms with van der Waals surface area (Å²) in [6, 6.07) is 0. The van der Waals surface area contributed by atoms with Crippen molar-refractivity contribution < 1.29 is 0 Å². The van der Waals surface area contributed by atoms with E-state index < -0.39 is 0 Å². The van der Waals surface area contributed by atoms with Gasteiger partial charge >= 0.3 is 0 Å². The fraction of sp³-hybridized carbons (Fsp3) is 0.846.